The molecule has 0 aliphatic heterocycles. The highest BCUT2D eigenvalue weighted by atomic mass is 19.4. The standard InChI is InChI=1S/C16H16F3N3O2/c1-8(16(17,18)19)23-13-6-12(20-7-11(13)9-2-3-9)14-21-15(24-22-14)10-4-5-10/h6-10H,2-5H2,1H3. The van der Waals surface area contributed by atoms with Crippen LogP contribution in [0, 0.1) is 0 Å². The fraction of sp³-hybridized carbons (Fsp3) is 0.562. The Balaban J connectivity index is 1.64. The highest BCUT2D eigenvalue weighted by Gasteiger charge is 2.39. The predicted molar refractivity (Wildman–Crippen MR) is 77.6 cm³/mol. The van der Waals surface area contributed by atoms with Crippen LogP contribution in [0.3, 0.4) is 0 Å². The maximum atomic E-state index is 12.8. The molecule has 0 amide bonds. The van der Waals surface area contributed by atoms with Crippen LogP contribution in [0.4, 0.5) is 13.2 Å². The van der Waals surface area contributed by atoms with Gasteiger partial charge in [0.2, 0.25) is 11.7 Å². The second kappa shape index (κ2) is 5.46. The van der Waals surface area contributed by atoms with E-state index in [1.54, 1.807) is 6.20 Å². The van der Waals surface area contributed by atoms with Crippen molar-refractivity contribution in [2.75, 3.05) is 0 Å². The van der Waals surface area contributed by atoms with E-state index in [-0.39, 0.29) is 17.5 Å². The third-order valence-corrected chi connectivity index (χ3v) is 4.27. The third kappa shape index (κ3) is 3.09. The van der Waals surface area contributed by atoms with E-state index in [2.05, 4.69) is 15.1 Å². The number of pyridine rings is 1. The molecule has 8 heteroatoms. The molecule has 4 rings (SSSR count). The van der Waals surface area contributed by atoms with Gasteiger partial charge in [-0.1, -0.05) is 5.16 Å². The zero-order valence-corrected chi connectivity index (χ0v) is 13.0. The lowest BCUT2D eigenvalue weighted by Gasteiger charge is -2.19. The average molecular weight is 339 g/mol. The van der Waals surface area contributed by atoms with Crippen molar-refractivity contribution in [1.29, 1.82) is 0 Å². The van der Waals surface area contributed by atoms with Crippen molar-refractivity contribution in [1.82, 2.24) is 15.1 Å². The molecule has 0 spiro atoms. The summed E-state index contributed by atoms with van der Waals surface area (Å²) in [5, 5.41) is 3.88. The maximum absolute atomic E-state index is 12.8. The van der Waals surface area contributed by atoms with Crippen molar-refractivity contribution in [3.05, 3.63) is 23.7 Å². The summed E-state index contributed by atoms with van der Waals surface area (Å²) in [6.45, 7) is 0.996. The molecule has 2 heterocycles. The number of alkyl halides is 3. The van der Waals surface area contributed by atoms with Gasteiger partial charge >= 0.3 is 6.18 Å². The summed E-state index contributed by atoms with van der Waals surface area (Å²) in [5.41, 5.74) is 1.07. The summed E-state index contributed by atoms with van der Waals surface area (Å²) in [6.07, 6.45) is -0.830. The number of hydrogen-bond donors (Lipinski definition) is 0. The first-order chi connectivity index (χ1) is 11.4. The van der Waals surface area contributed by atoms with E-state index < -0.39 is 12.3 Å². The molecule has 0 saturated heterocycles. The van der Waals surface area contributed by atoms with Crippen molar-refractivity contribution < 1.29 is 22.4 Å². The minimum Gasteiger partial charge on any atom is -0.481 e. The summed E-state index contributed by atoms with van der Waals surface area (Å²) < 4.78 is 48.9. The number of aromatic nitrogens is 3. The molecular formula is C16H16F3N3O2. The molecule has 2 aliphatic carbocycles. The van der Waals surface area contributed by atoms with Crippen molar-refractivity contribution in [2.24, 2.45) is 0 Å². The van der Waals surface area contributed by atoms with Crippen LogP contribution in [0.1, 0.15) is 55.9 Å². The van der Waals surface area contributed by atoms with Crippen LogP contribution in [-0.4, -0.2) is 27.4 Å². The lowest BCUT2D eigenvalue weighted by atomic mass is 10.1. The number of nitrogens with zero attached hydrogens (tertiary/aromatic N) is 3. The van der Waals surface area contributed by atoms with Gasteiger partial charge in [0.1, 0.15) is 11.4 Å². The topological polar surface area (TPSA) is 61.0 Å². The number of halogens is 3. The number of rotatable bonds is 5. The number of hydrogen-bond acceptors (Lipinski definition) is 5. The minimum absolute atomic E-state index is 0.199. The van der Waals surface area contributed by atoms with Gasteiger partial charge in [-0.3, -0.25) is 4.98 Å². The highest BCUT2D eigenvalue weighted by Crippen LogP contribution is 2.45. The Labute approximate surface area is 136 Å². The molecule has 2 aromatic heterocycles. The summed E-state index contributed by atoms with van der Waals surface area (Å²) in [6, 6.07) is 1.48. The lowest BCUT2D eigenvalue weighted by molar-refractivity contribution is -0.189. The molecule has 1 atom stereocenters. The molecule has 0 radical (unpaired) electrons. The molecule has 2 saturated carbocycles. The summed E-state index contributed by atoms with van der Waals surface area (Å²) in [4.78, 5) is 8.57. The SMILES string of the molecule is CC(Oc1cc(-c2noc(C3CC3)n2)ncc1C1CC1)C(F)(F)F. The largest absolute Gasteiger partial charge is 0.481 e. The fourth-order valence-electron chi connectivity index (χ4n) is 2.47. The average Bonchev–Trinajstić information content (AvgIpc) is 3.45. The van der Waals surface area contributed by atoms with E-state index in [0.717, 1.165) is 32.6 Å². The smallest absolute Gasteiger partial charge is 0.425 e. The third-order valence-electron chi connectivity index (χ3n) is 4.27. The van der Waals surface area contributed by atoms with Gasteiger partial charge < -0.3 is 9.26 Å². The molecule has 1 unspecified atom stereocenters. The van der Waals surface area contributed by atoms with Gasteiger partial charge in [0.15, 0.2) is 6.10 Å². The van der Waals surface area contributed by atoms with Gasteiger partial charge in [0.05, 0.1) is 0 Å². The van der Waals surface area contributed by atoms with E-state index in [4.69, 9.17) is 9.26 Å². The Morgan fingerprint density at radius 3 is 2.54 bits per heavy atom. The van der Waals surface area contributed by atoms with Crippen LogP contribution >= 0.6 is 0 Å². The molecule has 128 valence electrons. The maximum Gasteiger partial charge on any atom is 0.425 e. The van der Waals surface area contributed by atoms with Gasteiger partial charge in [-0.25, -0.2) is 0 Å². The Morgan fingerprint density at radius 2 is 1.92 bits per heavy atom. The van der Waals surface area contributed by atoms with Crippen molar-refractivity contribution in [3.8, 4) is 17.3 Å². The van der Waals surface area contributed by atoms with Crippen molar-refractivity contribution in [3.63, 3.8) is 0 Å². The van der Waals surface area contributed by atoms with Crippen LogP contribution in [0.5, 0.6) is 5.75 Å². The summed E-state index contributed by atoms with van der Waals surface area (Å²) >= 11 is 0. The summed E-state index contributed by atoms with van der Waals surface area (Å²) in [7, 11) is 0. The second-order valence-corrected chi connectivity index (χ2v) is 6.41. The van der Waals surface area contributed by atoms with E-state index >= 15 is 0 Å². The zero-order chi connectivity index (χ0) is 16.9. The van der Waals surface area contributed by atoms with Gasteiger partial charge in [-0.2, -0.15) is 18.2 Å². The number of ether oxygens (including phenoxy) is 1. The van der Waals surface area contributed by atoms with Gasteiger partial charge in [-0.05, 0) is 38.5 Å². The summed E-state index contributed by atoms with van der Waals surface area (Å²) in [5.74, 6) is 1.56. The predicted octanol–water partition coefficient (Wildman–Crippen LogP) is 4.22. The molecule has 5 nitrogen and oxygen atoms in total. The Kier molecular flexibility index (Phi) is 3.51. The van der Waals surface area contributed by atoms with Crippen molar-refractivity contribution >= 4 is 0 Å². The van der Waals surface area contributed by atoms with E-state index in [1.807, 2.05) is 0 Å². The highest BCUT2D eigenvalue weighted by molar-refractivity contribution is 5.54. The normalized spacial score (nSPS) is 19.3. The van der Waals surface area contributed by atoms with E-state index in [0.29, 0.717) is 23.1 Å². The minimum atomic E-state index is -4.42. The van der Waals surface area contributed by atoms with Crippen LogP contribution < -0.4 is 4.74 Å². The zero-order valence-electron chi connectivity index (χ0n) is 13.0. The van der Waals surface area contributed by atoms with E-state index in [9.17, 15) is 13.2 Å². The van der Waals surface area contributed by atoms with Crippen LogP contribution in [-0.2, 0) is 0 Å². The van der Waals surface area contributed by atoms with Gasteiger partial charge in [-0.15, -0.1) is 0 Å². The molecule has 0 bridgehead atoms. The van der Waals surface area contributed by atoms with Crippen molar-refractivity contribution in [2.45, 2.75) is 56.7 Å². The molecule has 2 aliphatic rings. The van der Waals surface area contributed by atoms with Crippen LogP contribution in [0.15, 0.2) is 16.8 Å². The molecule has 24 heavy (non-hydrogen) atoms. The second-order valence-electron chi connectivity index (χ2n) is 6.41. The first kappa shape index (κ1) is 15.4. The first-order valence-electron chi connectivity index (χ1n) is 7.99. The first-order valence-corrected chi connectivity index (χ1v) is 7.99. The molecular weight excluding hydrogens is 323 g/mol. The molecule has 2 aromatic rings. The lowest BCUT2D eigenvalue weighted by Crippen LogP contribution is -2.31. The van der Waals surface area contributed by atoms with Gasteiger partial charge in [0.25, 0.3) is 0 Å². The van der Waals surface area contributed by atoms with Crippen LogP contribution in [0.25, 0.3) is 11.5 Å². The fourth-order valence-corrected chi connectivity index (χ4v) is 2.47. The van der Waals surface area contributed by atoms with Gasteiger partial charge in [0, 0.05) is 23.7 Å². The van der Waals surface area contributed by atoms with Crippen LogP contribution in [0.2, 0.25) is 0 Å². The molecule has 2 fully saturated rings. The molecule has 0 N–H and O–H groups in total. The molecule has 0 aromatic carbocycles. The monoisotopic (exact) mass is 339 g/mol. The van der Waals surface area contributed by atoms with E-state index in [1.165, 1.54) is 6.07 Å². The Bertz CT molecular complexity index is 751. The Morgan fingerprint density at radius 1 is 1.21 bits per heavy atom. The Hall–Kier alpha value is -2.12. The quantitative estimate of drug-likeness (QED) is 0.816.